The lowest BCUT2D eigenvalue weighted by molar-refractivity contribution is 0.0950. The quantitative estimate of drug-likeness (QED) is 0.649. The number of carbonyl (C=O) groups excluding carboxylic acids is 2. The normalized spacial score (nSPS) is 10.6. The molecular formula is C23H22FN3O2. The van der Waals surface area contributed by atoms with E-state index in [1.807, 2.05) is 24.3 Å². The summed E-state index contributed by atoms with van der Waals surface area (Å²) in [4.78, 5) is 28.9. The summed E-state index contributed by atoms with van der Waals surface area (Å²) >= 11 is 0. The van der Waals surface area contributed by atoms with Gasteiger partial charge in [-0.1, -0.05) is 38.1 Å². The Balaban J connectivity index is 1.63. The lowest BCUT2D eigenvalue weighted by Gasteiger charge is -2.09. The maximum Gasteiger partial charge on any atom is 0.257 e. The van der Waals surface area contributed by atoms with Crippen LogP contribution in [0.3, 0.4) is 0 Å². The van der Waals surface area contributed by atoms with Crippen LogP contribution in [0.5, 0.6) is 0 Å². The summed E-state index contributed by atoms with van der Waals surface area (Å²) in [5, 5.41) is 5.54. The molecule has 1 aromatic heterocycles. The molecule has 0 atom stereocenters. The van der Waals surface area contributed by atoms with Crippen LogP contribution in [0.1, 0.15) is 51.6 Å². The molecule has 0 aliphatic rings. The lowest BCUT2D eigenvalue weighted by atomic mass is 10.0. The van der Waals surface area contributed by atoms with Crippen molar-refractivity contribution in [3.8, 4) is 0 Å². The minimum Gasteiger partial charge on any atom is -0.348 e. The Morgan fingerprint density at radius 1 is 0.931 bits per heavy atom. The molecule has 0 saturated carbocycles. The van der Waals surface area contributed by atoms with E-state index in [1.165, 1.54) is 36.2 Å². The maximum absolute atomic E-state index is 12.9. The number of amides is 2. The van der Waals surface area contributed by atoms with Crippen LogP contribution in [-0.4, -0.2) is 16.8 Å². The fraction of sp³-hybridized carbons (Fsp3) is 0.174. The van der Waals surface area contributed by atoms with Gasteiger partial charge in [0.2, 0.25) is 0 Å². The highest BCUT2D eigenvalue weighted by Crippen LogP contribution is 2.18. The number of rotatable bonds is 6. The van der Waals surface area contributed by atoms with Crippen molar-refractivity contribution in [2.24, 2.45) is 0 Å². The Bertz CT molecular complexity index is 999. The highest BCUT2D eigenvalue weighted by molar-refractivity contribution is 6.05. The molecule has 0 radical (unpaired) electrons. The average Bonchev–Trinajstić information content (AvgIpc) is 2.73. The van der Waals surface area contributed by atoms with E-state index in [-0.39, 0.29) is 35.3 Å². The van der Waals surface area contributed by atoms with Crippen LogP contribution in [-0.2, 0) is 6.54 Å². The smallest absolute Gasteiger partial charge is 0.257 e. The monoisotopic (exact) mass is 391 g/mol. The van der Waals surface area contributed by atoms with Gasteiger partial charge in [-0.05, 0) is 47.4 Å². The number of halogens is 1. The minimum atomic E-state index is -0.363. The molecule has 0 aliphatic carbocycles. The summed E-state index contributed by atoms with van der Waals surface area (Å²) in [6.07, 6.45) is 2.81. The van der Waals surface area contributed by atoms with Gasteiger partial charge in [0.1, 0.15) is 5.82 Å². The minimum absolute atomic E-state index is 0.248. The zero-order chi connectivity index (χ0) is 20.8. The summed E-state index contributed by atoms with van der Waals surface area (Å²) in [5.74, 6) is -0.628. The number of anilines is 1. The SMILES string of the molecule is CC(C)c1ccc(NC(=O)c2cncc(C(=O)NCc3ccc(F)cc3)c2)cc1. The van der Waals surface area contributed by atoms with Gasteiger partial charge in [0.05, 0.1) is 11.1 Å². The molecule has 3 aromatic rings. The molecule has 0 saturated heterocycles. The van der Waals surface area contributed by atoms with Gasteiger partial charge < -0.3 is 10.6 Å². The van der Waals surface area contributed by atoms with Gasteiger partial charge in [0.15, 0.2) is 0 Å². The van der Waals surface area contributed by atoms with E-state index in [4.69, 9.17) is 0 Å². The zero-order valence-corrected chi connectivity index (χ0v) is 16.3. The van der Waals surface area contributed by atoms with Crippen molar-refractivity contribution >= 4 is 17.5 Å². The third kappa shape index (κ3) is 5.48. The van der Waals surface area contributed by atoms with Gasteiger partial charge in [-0.3, -0.25) is 14.6 Å². The van der Waals surface area contributed by atoms with E-state index in [2.05, 4.69) is 29.5 Å². The Labute approximate surface area is 169 Å². The number of aromatic nitrogens is 1. The van der Waals surface area contributed by atoms with Gasteiger partial charge in [0, 0.05) is 24.6 Å². The van der Waals surface area contributed by atoms with Crippen molar-refractivity contribution in [3.63, 3.8) is 0 Å². The van der Waals surface area contributed by atoms with Crippen LogP contribution in [0.15, 0.2) is 67.0 Å². The van der Waals surface area contributed by atoms with Gasteiger partial charge in [0.25, 0.3) is 11.8 Å². The Morgan fingerprint density at radius 2 is 1.55 bits per heavy atom. The van der Waals surface area contributed by atoms with Crippen LogP contribution in [0.2, 0.25) is 0 Å². The second kappa shape index (κ2) is 9.10. The van der Waals surface area contributed by atoms with Crippen molar-refractivity contribution in [1.29, 1.82) is 0 Å². The third-order valence-electron chi connectivity index (χ3n) is 4.46. The molecule has 0 spiro atoms. The summed E-state index contributed by atoms with van der Waals surface area (Å²) in [6.45, 7) is 4.45. The number of pyridine rings is 1. The van der Waals surface area contributed by atoms with Gasteiger partial charge in [-0.2, -0.15) is 0 Å². The molecule has 0 unspecified atom stereocenters. The van der Waals surface area contributed by atoms with E-state index >= 15 is 0 Å². The molecule has 2 amide bonds. The molecule has 0 aliphatic heterocycles. The van der Waals surface area contributed by atoms with Crippen LogP contribution in [0, 0.1) is 5.82 Å². The standard InChI is InChI=1S/C23H22FN3O2/c1-15(2)17-5-9-21(10-6-17)27-23(29)19-11-18(13-25-14-19)22(28)26-12-16-3-7-20(24)8-4-16/h3-11,13-15H,12H2,1-2H3,(H,26,28)(H,27,29). The third-order valence-corrected chi connectivity index (χ3v) is 4.46. The van der Waals surface area contributed by atoms with E-state index < -0.39 is 0 Å². The predicted molar refractivity (Wildman–Crippen MR) is 110 cm³/mol. The molecule has 0 fully saturated rings. The van der Waals surface area contributed by atoms with Crippen LogP contribution < -0.4 is 10.6 Å². The van der Waals surface area contributed by atoms with Crippen molar-refractivity contribution in [3.05, 3.63) is 95.1 Å². The van der Waals surface area contributed by atoms with Gasteiger partial charge in [-0.15, -0.1) is 0 Å². The van der Waals surface area contributed by atoms with E-state index in [0.717, 1.165) is 5.56 Å². The summed E-state index contributed by atoms with van der Waals surface area (Å²) in [7, 11) is 0. The first-order chi connectivity index (χ1) is 13.9. The first-order valence-electron chi connectivity index (χ1n) is 9.31. The molecule has 29 heavy (non-hydrogen) atoms. The number of hydrogen-bond acceptors (Lipinski definition) is 3. The summed E-state index contributed by atoms with van der Waals surface area (Å²) in [6, 6.07) is 15.0. The first kappa shape index (κ1) is 20.2. The Kier molecular flexibility index (Phi) is 6.34. The van der Waals surface area contributed by atoms with Crippen molar-refractivity contribution in [2.75, 3.05) is 5.32 Å². The second-order valence-corrected chi connectivity index (χ2v) is 7.00. The summed E-state index contributed by atoms with van der Waals surface area (Å²) < 4.78 is 12.9. The Morgan fingerprint density at radius 3 is 2.17 bits per heavy atom. The molecular weight excluding hydrogens is 369 g/mol. The number of benzene rings is 2. The fourth-order valence-corrected chi connectivity index (χ4v) is 2.73. The maximum atomic E-state index is 12.9. The summed E-state index contributed by atoms with van der Waals surface area (Å²) in [5.41, 5.74) is 3.18. The number of nitrogens with zero attached hydrogens (tertiary/aromatic N) is 1. The number of carbonyl (C=O) groups is 2. The number of hydrogen-bond donors (Lipinski definition) is 2. The largest absolute Gasteiger partial charge is 0.348 e. The molecule has 6 heteroatoms. The van der Waals surface area contributed by atoms with Crippen molar-refractivity contribution < 1.29 is 14.0 Å². The Hall–Kier alpha value is -3.54. The van der Waals surface area contributed by atoms with Crippen molar-refractivity contribution in [2.45, 2.75) is 26.3 Å². The zero-order valence-electron chi connectivity index (χ0n) is 16.3. The van der Waals surface area contributed by atoms with Gasteiger partial charge >= 0.3 is 0 Å². The van der Waals surface area contributed by atoms with Crippen LogP contribution in [0.4, 0.5) is 10.1 Å². The molecule has 3 rings (SSSR count). The highest BCUT2D eigenvalue weighted by Gasteiger charge is 2.12. The molecule has 5 nitrogen and oxygen atoms in total. The predicted octanol–water partition coefficient (Wildman–Crippen LogP) is 4.53. The molecule has 148 valence electrons. The highest BCUT2D eigenvalue weighted by atomic mass is 19.1. The van der Waals surface area contributed by atoms with Crippen molar-refractivity contribution in [1.82, 2.24) is 10.3 Å². The molecule has 0 bridgehead atoms. The molecule has 2 aromatic carbocycles. The van der Waals surface area contributed by atoms with Crippen LogP contribution in [0.25, 0.3) is 0 Å². The van der Waals surface area contributed by atoms with Crippen LogP contribution >= 0.6 is 0 Å². The molecule has 1 heterocycles. The number of nitrogens with one attached hydrogen (secondary N) is 2. The second-order valence-electron chi connectivity index (χ2n) is 7.00. The average molecular weight is 391 g/mol. The fourth-order valence-electron chi connectivity index (χ4n) is 2.73. The first-order valence-corrected chi connectivity index (χ1v) is 9.31. The van der Waals surface area contributed by atoms with E-state index in [1.54, 1.807) is 12.1 Å². The van der Waals surface area contributed by atoms with Gasteiger partial charge in [-0.25, -0.2) is 4.39 Å². The van der Waals surface area contributed by atoms with E-state index in [9.17, 15) is 14.0 Å². The van der Waals surface area contributed by atoms with E-state index in [0.29, 0.717) is 11.6 Å². The topological polar surface area (TPSA) is 71.1 Å². The lowest BCUT2D eigenvalue weighted by Crippen LogP contribution is -2.23. The molecule has 2 N–H and O–H groups in total.